The number of hydrogen-bond donors (Lipinski definition) is 1. The van der Waals surface area contributed by atoms with Crippen LogP contribution in [0.25, 0.3) is 15.7 Å². The third-order valence-corrected chi connectivity index (χ3v) is 8.75. The average Bonchev–Trinajstić information content (AvgIpc) is 3.08. The van der Waals surface area contributed by atoms with Gasteiger partial charge in [0, 0.05) is 22.0 Å². The van der Waals surface area contributed by atoms with Crippen molar-refractivity contribution >= 4 is 22.5 Å². The number of rotatable bonds is 3. The van der Waals surface area contributed by atoms with Gasteiger partial charge in [-0.05, 0) is 41.9 Å². The summed E-state index contributed by atoms with van der Waals surface area (Å²) in [7, 11) is 0. The Morgan fingerprint density at radius 2 is 1.97 bits per heavy atom. The number of fused-ring (bicyclic) bond motifs is 2. The molecular formula is C26H31ClN2. The summed E-state index contributed by atoms with van der Waals surface area (Å²) in [6, 6.07) is 6.32. The lowest BCUT2D eigenvalue weighted by molar-refractivity contribution is 0.123. The monoisotopic (exact) mass is 406 g/mol. The number of hydrogen-bond acceptors (Lipinski definition) is 0. The van der Waals surface area contributed by atoms with Crippen molar-refractivity contribution in [2.24, 2.45) is 11.3 Å². The molecule has 152 valence electrons. The first-order chi connectivity index (χ1) is 13.5. The summed E-state index contributed by atoms with van der Waals surface area (Å²) in [5.74, 6) is 0.406. The molecule has 1 aromatic heterocycles. The van der Waals surface area contributed by atoms with Crippen molar-refractivity contribution < 1.29 is 0 Å². The molecule has 2 nitrogen and oxygen atoms in total. The van der Waals surface area contributed by atoms with Crippen molar-refractivity contribution in [2.75, 3.05) is 0 Å². The van der Waals surface area contributed by atoms with E-state index in [0.29, 0.717) is 5.92 Å². The Hall–Kier alpha value is -1.98. The van der Waals surface area contributed by atoms with E-state index >= 15 is 0 Å². The minimum atomic E-state index is -0.425. The van der Waals surface area contributed by atoms with Crippen molar-refractivity contribution in [1.29, 1.82) is 0 Å². The molecule has 5 atom stereocenters. The van der Waals surface area contributed by atoms with Gasteiger partial charge in [0.25, 0.3) is 0 Å². The molecule has 0 amide bonds. The van der Waals surface area contributed by atoms with Gasteiger partial charge in [0.05, 0.1) is 16.7 Å². The lowest BCUT2D eigenvalue weighted by atomic mass is 9.50. The van der Waals surface area contributed by atoms with Crippen molar-refractivity contribution in [1.82, 2.24) is 4.98 Å². The molecule has 1 aromatic carbocycles. The number of halogens is 1. The Labute approximate surface area is 179 Å². The number of alkyl halides is 1. The second-order valence-electron chi connectivity index (χ2n) is 10.3. The molecule has 0 bridgehead atoms. The SMILES string of the molecule is [C-]#[N+]C1[C@@H]2c3c(C(C)(C)C=C)[nH]c4cccc(c34)C(C)(C)[C@H]2C[C@@H](Cl)[C@]1(C)C=C. The van der Waals surface area contributed by atoms with Crippen LogP contribution in [-0.2, 0) is 10.8 Å². The Morgan fingerprint density at radius 3 is 2.55 bits per heavy atom. The zero-order valence-electron chi connectivity index (χ0n) is 18.1. The van der Waals surface area contributed by atoms with Crippen LogP contribution in [0, 0.1) is 17.9 Å². The second-order valence-corrected chi connectivity index (χ2v) is 10.8. The molecule has 1 fully saturated rings. The molecule has 0 saturated heterocycles. The summed E-state index contributed by atoms with van der Waals surface area (Å²) in [6.45, 7) is 27.6. The molecule has 3 heteroatoms. The van der Waals surface area contributed by atoms with E-state index in [1.807, 2.05) is 12.2 Å². The maximum atomic E-state index is 8.19. The highest BCUT2D eigenvalue weighted by Gasteiger charge is 2.61. The van der Waals surface area contributed by atoms with E-state index in [-0.39, 0.29) is 28.2 Å². The van der Waals surface area contributed by atoms with Crippen LogP contribution in [-0.4, -0.2) is 16.4 Å². The number of nitrogens with zero attached hydrogens (tertiary/aromatic N) is 1. The van der Waals surface area contributed by atoms with Crippen LogP contribution in [0.15, 0.2) is 43.5 Å². The van der Waals surface area contributed by atoms with Gasteiger partial charge in [0.2, 0.25) is 6.04 Å². The highest BCUT2D eigenvalue weighted by molar-refractivity contribution is 6.21. The fourth-order valence-corrected chi connectivity index (χ4v) is 6.35. The van der Waals surface area contributed by atoms with Crippen molar-refractivity contribution in [3.63, 3.8) is 0 Å². The normalized spacial score (nSPS) is 33.0. The number of aromatic amines is 1. The molecule has 0 radical (unpaired) electrons. The van der Waals surface area contributed by atoms with Gasteiger partial charge in [0.15, 0.2) is 0 Å². The lowest BCUT2D eigenvalue weighted by Gasteiger charge is -2.53. The van der Waals surface area contributed by atoms with Crippen LogP contribution in [0.5, 0.6) is 0 Å². The van der Waals surface area contributed by atoms with E-state index in [1.165, 1.54) is 22.2 Å². The Morgan fingerprint density at radius 1 is 1.28 bits per heavy atom. The Bertz CT molecular complexity index is 1050. The molecule has 1 heterocycles. The third-order valence-electron chi connectivity index (χ3n) is 8.10. The molecule has 1 unspecified atom stereocenters. The van der Waals surface area contributed by atoms with Gasteiger partial charge in [-0.2, -0.15) is 0 Å². The van der Waals surface area contributed by atoms with E-state index in [1.54, 1.807) is 0 Å². The highest BCUT2D eigenvalue weighted by atomic mass is 35.5. The predicted molar refractivity (Wildman–Crippen MR) is 124 cm³/mol. The highest BCUT2D eigenvalue weighted by Crippen LogP contribution is 2.62. The largest absolute Gasteiger partial charge is 0.357 e. The Kier molecular flexibility index (Phi) is 4.38. The molecule has 0 spiro atoms. The molecule has 2 aliphatic carbocycles. The van der Waals surface area contributed by atoms with E-state index in [0.717, 1.165) is 11.9 Å². The van der Waals surface area contributed by atoms with Crippen molar-refractivity contribution in [3.8, 4) is 0 Å². The van der Waals surface area contributed by atoms with Crippen LogP contribution in [0.2, 0.25) is 0 Å². The first-order valence-corrected chi connectivity index (χ1v) is 10.9. The van der Waals surface area contributed by atoms with Gasteiger partial charge in [-0.3, -0.25) is 0 Å². The summed E-state index contributed by atoms with van der Waals surface area (Å²) in [4.78, 5) is 7.94. The summed E-state index contributed by atoms with van der Waals surface area (Å²) in [5, 5.41) is 1.20. The summed E-state index contributed by atoms with van der Waals surface area (Å²) in [6.07, 6.45) is 4.82. The number of aromatic nitrogens is 1. The van der Waals surface area contributed by atoms with Gasteiger partial charge in [-0.25, -0.2) is 6.57 Å². The maximum Gasteiger partial charge on any atom is 0.240 e. The van der Waals surface area contributed by atoms with Crippen LogP contribution < -0.4 is 0 Å². The van der Waals surface area contributed by atoms with Crippen LogP contribution >= 0.6 is 11.6 Å². The molecular weight excluding hydrogens is 376 g/mol. The van der Waals surface area contributed by atoms with Crippen molar-refractivity contribution in [2.45, 2.75) is 69.2 Å². The van der Waals surface area contributed by atoms with E-state index in [9.17, 15) is 0 Å². The lowest BCUT2D eigenvalue weighted by Crippen LogP contribution is -2.54. The van der Waals surface area contributed by atoms with Gasteiger partial charge in [-0.15, -0.1) is 24.8 Å². The topological polar surface area (TPSA) is 20.1 Å². The molecule has 2 aromatic rings. The minimum Gasteiger partial charge on any atom is -0.357 e. The van der Waals surface area contributed by atoms with E-state index in [4.69, 9.17) is 18.2 Å². The summed E-state index contributed by atoms with van der Waals surface area (Å²) < 4.78 is 0. The smallest absolute Gasteiger partial charge is 0.240 e. The third kappa shape index (κ3) is 2.47. The van der Waals surface area contributed by atoms with Gasteiger partial charge in [0.1, 0.15) is 0 Å². The first-order valence-electron chi connectivity index (χ1n) is 10.5. The van der Waals surface area contributed by atoms with E-state index in [2.05, 4.69) is 75.8 Å². The number of allylic oxidation sites excluding steroid dienone is 1. The zero-order chi connectivity index (χ0) is 21.4. The van der Waals surface area contributed by atoms with Gasteiger partial charge < -0.3 is 9.83 Å². The van der Waals surface area contributed by atoms with Crippen molar-refractivity contribution in [3.05, 3.63) is 71.7 Å². The first kappa shape index (κ1) is 20.3. The van der Waals surface area contributed by atoms with Crippen LogP contribution in [0.1, 0.15) is 63.8 Å². The van der Waals surface area contributed by atoms with Gasteiger partial charge >= 0.3 is 0 Å². The molecule has 29 heavy (non-hydrogen) atoms. The fraction of sp³-hybridized carbons (Fsp3) is 0.500. The molecule has 4 rings (SSSR count). The maximum absolute atomic E-state index is 8.19. The average molecular weight is 407 g/mol. The number of H-pyrrole nitrogens is 1. The summed E-state index contributed by atoms with van der Waals surface area (Å²) >= 11 is 6.97. The van der Waals surface area contributed by atoms with Gasteiger partial charge in [-0.1, -0.05) is 52.0 Å². The number of benzene rings is 1. The van der Waals surface area contributed by atoms with E-state index < -0.39 is 5.41 Å². The zero-order valence-corrected chi connectivity index (χ0v) is 18.9. The molecule has 2 aliphatic rings. The number of nitrogens with one attached hydrogen (secondary N) is 1. The van der Waals surface area contributed by atoms with Crippen LogP contribution in [0.3, 0.4) is 0 Å². The summed E-state index contributed by atoms with van der Waals surface area (Å²) in [5.41, 5.74) is 4.32. The van der Waals surface area contributed by atoms with Crippen LogP contribution in [0.4, 0.5) is 0 Å². The molecule has 0 aliphatic heterocycles. The molecule has 1 saturated carbocycles. The minimum absolute atomic E-state index is 0.0620. The Balaban J connectivity index is 2.13. The fourth-order valence-electron chi connectivity index (χ4n) is 5.94. The standard InChI is InChI=1S/C26H31ClN2/c1-9-24(3,4)22-21-19-15(12-11-13-17(19)29-22)25(5,6)16-14-18(27)26(7,10-2)23(28-8)20(16)21/h9-13,16,18,20,23,29H,1-2,14H2,3-7H3/t16-,18+,20-,23?,26-/m0/s1. The molecule has 1 N–H and O–H groups in total. The predicted octanol–water partition coefficient (Wildman–Crippen LogP) is 7.11. The quantitative estimate of drug-likeness (QED) is 0.318. The second kappa shape index (κ2) is 6.26.